The van der Waals surface area contributed by atoms with Gasteiger partial charge in [0.1, 0.15) is 16.9 Å². The number of fused-ring (bicyclic) bond motifs is 5. The molecule has 0 unspecified atom stereocenters. The number of aromatic nitrogens is 1. The van der Waals surface area contributed by atoms with Gasteiger partial charge in [-0.1, -0.05) is 105 Å². The van der Waals surface area contributed by atoms with Crippen molar-refractivity contribution in [2.75, 3.05) is 0 Å². The normalized spacial score (nSPS) is 12.8. The van der Waals surface area contributed by atoms with Gasteiger partial charge in [0.15, 0.2) is 5.78 Å². The van der Waals surface area contributed by atoms with Crippen LogP contribution in [0.2, 0.25) is 0 Å². The van der Waals surface area contributed by atoms with E-state index in [1.54, 1.807) is 0 Å². The Hall–Kier alpha value is -3.31. The quantitative estimate of drug-likeness (QED) is 0.0845. The summed E-state index contributed by atoms with van der Waals surface area (Å²) >= 11 is 1.90. The fourth-order valence-corrected chi connectivity index (χ4v) is 7.94. The molecular formula is C46H56IrNO3S-. The molecule has 0 amide bonds. The summed E-state index contributed by atoms with van der Waals surface area (Å²) < 4.78 is 7.81. The van der Waals surface area contributed by atoms with E-state index in [1.165, 1.54) is 32.0 Å². The molecular weight excluding hydrogens is 839 g/mol. The molecule has 0 atom stereocenters. The van der Waals surface area contributed by atoms with Gasteiger partial charge in [0.2, 0.25) is 0 Å². The first-order valence-corrected chi connectivity index (χ1v) is 19.5. The number of aliphatic hydroxyl groups excluding tert-OH is 1. The van der Waals surface area contributed by atoms with Crippen LogP contribution < -0.4 is 0 Å². The SMILES string of the molecule is CC(C)Cc1cc2cc3oc4c(-c5[c-]c6ccccc6c(C(C)(C)C)c5)nccc4c3cc2s1.CCC(C)(CC)C(=O)/C=C(\O)C(C)(CC)CC.[Ir]. The number of carbonyl (C=O) groups is 1. The standard InChI is InChI=1S/C31H28NOS.C15H28O2.Ir/c1-18(2)12-22-14-20-16-27-25(17-28(20)34-22)24-10-11-32-29(30(24)33-27)21-13-19-8-6-7-9-23(19)26(15-21)31(3,4)5;1-7-14(5,8-2)12(16)11-13(17)15(6,9-3)10-4;/h6-11,14-18H,12H2,1-5H3;11,16H,7-10H2,1-6H3;/q-1;;/b;12-11-;. The molecule has 279 valence electrons. The summed E-state index contributed by atoms with van der Waals surface area (Å²) in [6, 6.07) is 23.2. The number of furan rings is 1. The van der Waals surface area contributed by atoms with E-state index in [-0.39, 0.29) is 47.9 Å². The Labute approximate surface area is 328 Å². The number of carbonyl (C=O) groups excluding carboxylic acids is 1. The van der Waals surface area contributed by atoms with Crippen molar-refractivity contribution in [1.29, 1.82) is 0 Å². The second-order valence-corrected chi connectivity index (χ2v) is 17.3. The minimum absolute atomic E-state index is 0. The molecule has 0 bridgehead atoms. The number of ketones is 1. The van der Waals surface area contributed by atoms with Crippen LogP contribution in [-0.4, -0.2) is 15.9 Å². The molecule has 0 aliphatic rings. The fraction of sp³-hybridized carbons (Fsp3) is 0.435. The van der Waals surface area contributed by atoms with Gasteiger partial charge in [0.25, 0.3) is 0 Å². The second kappa shape index (κ2) is 16.4. The molecule has 3 aromatic heterocycles. The number of allylic oxidation sites excluding steroid dienone is 2. The Morgan fingerprint density at radius 2 is 1.54 bits per heavy atom. The van der Waals surface area contributed by atoms with Gasteiger partial charge in [-0.2, -0.15) is 0 Å². The van der Waals surface area contributed by atoms with E-state index in [0.29, 0.717) is 5.92 Å². The number of thiophene rings is 1. The third kappa shape index (κ3) is 8.40. The molecule has 1 N–H and O–H groups in total. The van der Waals surface area contributed by atoms with Crippen LogP contribution in [0.3, 0.4) is 0 Å². The maximum Gasteiger partial charge on any atom is 0.164 e. The maximum atomic E-state index is 12.2. The predicted octanol–water partition coefficient (Wildman–Crippen LogP) is 14.0. The van der Waals surface area contributed by atoms with Crippen molar-refractivity contribution in [3.05, 3.63) is 89.1 Å². The van der Waals surface area contributed by atoms with Gasteiger partial charge >= 0.3 is 0 Å². The van der Waals surface area contributed by atoms with Gasteiger partial charge in [0.05, 0.1) is 0 Å². The summed E-state index contributed by atoms with van der Waals surface area (Å²) in [6.45, 7) is 23.4. The first kappa shape index (κ1) is 41.4. The van der Waals surface area contributed by atoms with Crippen LogP contribution in [0.4, 0.5) is 0 Å². The largest absolute Gasteiger partial charge is 0.512 e. The topological polar surface area (TPSA) is 63.3 Å². The molecule has 1 radical (unpaired) electrons. The van der Waals surface area contributed by atoms with Gasteiger partial charge < -0.3 is 9.52 Å². The molecule has 6 heteroatoms. The van der Waals surface area contributed by atoms with Crippen LogP contribution in [0.5, 0.6) is 0 Å². The monoisotopic (exact) mass is 895 g/mol. The van der Waals surface area contributed by atoms with Crippen LogP contribution in [0, 0.1) is 22.8 Å². The third-order valence-electron chi connectivity index (χ3n) is 11.1. The molecule has 0 saturated heterocycles. The first-order chi connectivity index (χ1) is 24.1. The number of nitrogens with zero attached hydrogens (tertiary/aromatic N) is 1. The van der Waals surface area contributed by atoms with E-state index in [1.807, 2.05) is 59.1 Å². The number of hydrogen-bond donors (Lipinski definition) is 1. The molecule has 0 aliphatic heterocycles. The average Bonchev–Trinajstić information content (AvgIpc) is 3.67. The third-order valence-corrected chi connectivity index (χ3v) is 12.2. The van der Waals surface area contributed by atoms with Crippen LogP contribution >= 0.6 is 11.3 Å². The van der Waals surface area contributed by atoms with Gasteiger partial charge in [-0.25, -0.2) is 0 Å². The van der Waals surface area contributed by atoms with Crippen LogP contribution in [0.25, 0.3) is 54.1 Å². The van der Waals surface area contributed by atoms with Crippen molar-refractivity contribution in [3.8, 4) is 11.3 Å². The van der Waals surface area contributed by atoms with Crippen LogP contribution in [-0.2, 0) is 36.7 Å². The number of aliphatic hydroxyl groups is 1. The Balaban J connectivity index is 0.000000289. The molecule has 3 aromatic carbocycles. The molecule has 0 fully saturated rings. The van der Waals surface area contributed by atoms with Crippen LogP contribution in [0.15, 0.2) is 77.0 Å². The zero-order chi connectivity index (χ0) is 37.3. The minimum atomic E-state index is -0.337. The van der Waals surface area contributed by atoms with Crippen molar-refractivity contribution >= 4 is 59.9 Å². The van der Waals surface area contributed by atoms with Gasteiger partial charge in [-0.05, 0) is 73.1 Å². The molecule has 52 heavy (non-hydrogen) atoms. The van der Waals surface area contributed by atoms with E-state index < -0.39 is 0 Å². The van der Waals surface area contributed by atoms with Crippen molar-refractivity contribution < 1.29 is 34.4 Å². The first-order valence-electron chi connectivity index (χ1n) is 18.7. The number of benzene rings is 3. The summed E-state index contributed by atoms with van der Waals surface area (Å²) in [5.41, 5.74) is 4.29. The van der Waals surface area contributed by atoms with Crippen molar-refractivity contribution in [2.24, 2.45) is 16.7 Å². The zero-order valence-corrected chi connectivity index (χ0v) is 36.1. The van der Waals surface area contributed by atoms with Crippen molar-refractivity contribution in [1.82, 2.24) is 4.98 Å². The number of hydrogen-bond acceptors (Lipinski definition) is 5. The summed E-state index contributed by atoms with van der Waals surface area (Å²) in [5.74, 6) is 0.940. The van der Waals surface area contributed by atoms with E-state index in [4.69, 9.17) is 9.40 Å². The summed E-state index contributed by atoms with van der Waals surface area (Å²) in [7, 11) is 0. The Kier molecular flexibility index (Phi) is 13.0. The minimum Gasteiger partial charge on any atom is -0.512 e. The zero-order valence-electron chi connectivity index (χ0n) is 32.9. The van der Waals surface area contributed by atoms with E-state index in [9.17, 15) is 9.90 Å². The van der Waals surface area contributed by atoms with Gasteiger partial charge in [-0.15, -0.1) is 40.5 Å². The number of rotatable bonds is 10. The Morgan fingerprint density at radius 3 is 2.15 bits per heavy atom. The Morgan fingerprint density at radius 1 is 0.885 bits per heavy atom. The Bertz CT molecular complexity index is 2210. The molecule has 0 saturated carbocycles. The van der Waals surface area contributed by atoms with E-state index >= 15 is 0 Å². The van der Waals surface area contributed by atoms with Gasteiger partial charge in [-0.3, -0.25) is 9.78 Å². The smallest absolute Gasteiger partial charge is 0.164 e. The van der Waals surface area contributed by atoms with Crippen LogP contribution in [0.1, 0.15) is 112 Å². The molecule has 3 heterocycles. The second-order valence-electron chi connectivity index (χ2n) is 16.2. The average molecular weight is 895 g/mol. The predicted molar refractivity (Wildman–Crippen MR) is 219 cm³/mol. The number of pyridine rings is 1. The summed E-state index contributed by atoms with van der Waals surface area (Å²) in [6.07, 6.45) is 7.77. The van der Waals surface area contributed by atoms with Crippen molar-refractivity contribution in [2.45, 2.75) is 114 Å². The molecule has 6 aromatic rings. The fourth-order valence-electron chi connectivity index (χ4n) is 6.65. The molecule has 0 aliphatic carbocycles. The van der Waals surface area contributed by atoms with Crippen molar-refractivity contribution in [3.63, 3.8) is 0 Å². The summed E-state index contributed by atoms with van der Waals surface area (Å²) in [5, 5.41) is 16.0. The molecule has 0 spiro atoms. The molecule has 6 rings (SSSR count). The van der Waals surface area contributed by atoms with Gasteiger partial charge in [0, 0.05) is 69.3 Å². The van der Waals surface area contributed by atoms with E-state index in [0.717, 1.165) is 70.7 Å². The van der Waals surface area contributed by atoms with E-state index in [2.05, 4.69) is 95.3 Å². The molecule has 4 nitrogen and oxygen atoms in total. The summed E-state index contributed by atoms with van der Waals surface area (Å²) in [4.78, 5) is 18.4. The maximum absolute atomic E-state index is 12.2.